The minimum absolute atomic E-state index is 0. The Morgan fingerprint density at radius 2 is 1.18 bits per heavy atom. The van der Waals surface area contributed by atoms with Crippen LogP contribution in [-0.2, 0) is 32.4 Å². The number of carbonyl (C=O) groups is 2. The molecule has 0 saturated carbocycles. The van der Waals surface area contributed by atoms with Crippen LogP contribution in [0.25, 0.3) is 11.4 Å². The maximum Gasteiger partial charge on any atom is 0.223 e. The molecule has 7 rings (SSSR count). The largest absolute Gasteiger partial charge is 0.504 e. The van der Waals surface area contributed by atoms with Crippen LogP contribution in [0.15, 0.2) is 114 Å². The Balaban J connectivity index is 0.000000215. The number of aliphatic hydroxyl groups excluding tert-OH is 1. The average molecular weight is 871 g/mol. The Kier molecular flexibility index (Phi) is 14.1. The molecule has 1 aliphatic heterocycles. The van der Waals surface area contributed by atoms with Crippen LogP contribution in [-0.4, -0.2) is 56.7 Å². The van der Waals surface area contributed by atoms with Crippen LogP contribution in [0.1, 0.15) is 110 Å². The number of carbonyl (C=O) groups excluding carboxylic acids is 2. The number of fused-ring (bicyclic) bond motifs is 4. The van der Waals surface area contributed by atoms with Crippen molar-refractivity contribution in [3.63, 3.8) is 0 Å². The number of benzene rings is 2. The van der Waals surface area contributed by atoms with Crippen LogP contribution in [0.4, 0.5) is 11.4 Å². The molecule has 2 aromatic carbocycles. The molecule has 0 fully saturated rings. The summed E-state index contributed by atoms with van der Waals surface area (Å²) in [6.45, 7) is 24.6. The third-order valence-electron chi connectivity index (χ3n) is 10.9. The van der Waals surface area contributed by atoms with Gasteiger partial charge in [0.15, 0.2) is 17.3 Å². The standard InChI is InChI=1S/C22H17N5O.2C14H22O2.Co/c1-26-16-9-3-4-10-17(16)27(2)18(26)13-25-21-14-7-5-11-23-19(14)20-15(22(21)28)8-6-12-24-20;2*1-13(2,3)9-7-10(14(4,5)6)12(16)11(15)8-9;/h3-13H,1-2H3;7-8,15-16H,1-6H3;7-9,15H,1-6H3;. The van der Waals surface area contributed by atoms with Gasteiger partial charge in [-0.05, 0) is 75.8 Å². The summed E-state index contributed by atoms with van der Waals surface area (Å²) in [6.07, 6.45) is 8.79. The number of para-hydroxylation sites is 2. The van der Waals surface area contributed by atoms with Crippen molar-refractivity contribution in [3.8, 4) is 22.9 Å². The molecule has 2 aromatic heterocycles. The van der Waals surface area contributed by atoms with Crippen molar-refractivity contribution in [1.82, 2.24) is 9.97 Å². The summed E-state index contributed by atoms with van der Waals surface area (Å²) in [5.41, 5.74) is 7.24. The SMILES string of the molecule is CC(C)(C)C1=CC(C(C)(C)C)C=C(O)C1=O.CC(C)(C)c1cc(O)c(O)c(C(C)(C)C)c1.CN1C(=CN=C2C(=O)c3cccnc3-c3ncccc32)N(C)c2ccccc21.[Co]. The molecule has 11 heteroatoms. The fourth-order valence-electron chi connectivity index (χ4n) is 7.14. The van der Waals surface area contributed by atoms with Gasteiger partial charge in [-0.3, -0.25) is 19.6 Å². The monoisotopic (exact) mass is 870 g/mol. The van der Waals surface area contributed by atoms with Gasteiger partial charge in [0.05, 0.1) is 28.8 Å². The van der Waals surface area contributed by atoms with Crippen LogP contribution in [0, 0.1) is 16.7 Å². The first-order chi connectivity index (χ1) is 27.7. The van der Waals surface area contributed by atoms with E-state index in [1.54, 1.807) is 42.9 Å². The molecule has 1 atom stereocenters. The van der Waals surface area contributed by atoms with Crippen molar-refractivity contribution < 1.29 is 41.7 Å². The summed E-state index contributed by atoms with van der Waals surface area (Å²) >= 11 is 0. The molecule has 325 valence electrons. The second-order valence-corrected chi connectivity index (χ2v) is 19.7. The van der Waals surface area contributed by atoms with Crippen LogP contribution in [0.3, 0.4) is 0 Å². The number of pyridine rings is 2. The third-order valence-corrected chi connectivity index (χ3v) is 10.9. The number of anilines is 2. The fraction of sp³-hybridized carbons (Fsp3) is 0.380. The normalized spacial score (nSPS) is 16.8. The summed E-state index contributed by atoms with van der Waals surface area (Å²) in [4.78, 5) is 42.5. The molecule has 10 nitrogen and oxygen atoms in total. The fourth-order valence-corrected chi connectivity index (χ4v) is 7.14. The molecule has 3 heterocycles. The first kappa shape index (κ1) is 48.1. The summed E-state index contributed by atoms with van der Waals surface area (Å²) in [5.74, 6) is 0.503. The van der Waals surface area contributed by atoms with Gasteiger partial charge in [0.25, 0.3) is 0 Å². The van der Waals surface area contributed by atoms with Crippen LogP contribution >= 0.6 is 0 Å². The summed E-state index contributed by atoms with van der Waals surface area (Å²) < 4.78 is 0. The molecule has 1 unspecified atom stereocenters. The molecule has 0 amide bonds. The number of aromatic nitrogens is 2. The number of ketones is 2. The number of rotatable bonds is 1. The van der Waals surface area contributed by atoms with E-state index in [9.17, 15) is 24.9 Å². The van der Waals surface area contributed by atoms with Gasteiger partial charge in [-0.2, -0.15) is 0 Å². The number of hydrogen-bond acceptors (Lipinski definition) is 10. The smallest absolute Gasteiger partial charge is 0.223 e. The number of phenolic OH excluding ortho intramolecular Hbond substituents is 2. The van der Waals surface area contributed by atoms with E-state index in [1.807, 2.05) is 92.0 Å². The number of aliphatic imine (C=N–C) groups is 1. The van der Waals surface area contributed by atoms with Gasteiger partial charge >= 0.3 is 0 Å². The second-order valence-electron chi connectivity index (χ2n) is 19.7. The van der Waals surface area contributed by atoms with E-state index >= 15 is 0 Å². The van der Waals surface area contributed by atoms with Crippen LogP contribution in [0.2, 0.25) is 0 Å². The molecule has 4 aromatic rings. The summed E-state index contributed by atoms with van der Waals surface area (Å²) in [5, 5.41) is 29.3. The maximum atomic E-state index is 13.1. The van der Waals surface area contributed by atoms with Crippen molar-refractivity contribution in [1.29, 1.82) is 0 Å². The van der Waals surface area contributed by atoms with E-state index < -0.39 is 0 Å². The van der Waals surface area contributed by atoms with Crippen molar-refractivity contribution in [2.75, 3.05) is 23.9 Å². The minimum Gasteiger partial charge on any atom is -0.504 e. The number of Topliss-reactive ketones (excluding diaryl/α,β-unsaturated/α-hetero) is 2. The zero-order valence-electron chi connectivity index (χ0n) is 38.0. The number of aromatic hydroxyl groups is 2. The predicted octanol–water partition coefficient (Wildman–Crippen LogP) is 10.9. The Morgan fingerprint density at radius 1 is 0.656 bits per heavy atom. The maximum absolute atomic E-state index is 13.1. The van der Waals surface area contributed by atoms with E-state index in [-0.39, 0.29) is 73.2 Å². The molecule has 0 spiro atoms. The topological polar surface area (TPSA) is 139 Å². The number of phenols is 2. The number of nitrogens with zero attached hydrogens (tertiary/aromatic N) is 5. The van der Waals surface area contributed by atoms with Crippen molar-refractivity contribution >= 4 is 28.7 Å². The van der Waals surface area contributed by atoms with Gasteiger partial charge in [-0.25, -0.2) is 4.99 Å². The van der Waals surface area contributed by atoms with Gasteiger partial charge in [0.1, 0.15) is 17.2 Å². The Morgan fingerprint density at radius 3 is 1.67 bits per heavy atom. The van der Waals surface area contributed by atoms with Gasteiger partial charge in [-0.15, -0.1) is 0 Å². The van der Waals surface area contributed by atoms with Gasteiger partial charge in [-0.1, -0.05) is 107 Å². The number of allylic oxidation sites excluding steroid dienone is 3. The van der Waals surface area contributed by atoms with Crippen molar-refractivity contribution in [3.05, 3.63) is 131 Å². The van der Waals surface area contributed by atoms with Gasteiger partial charge in [0, 0.05) is 65.9 Å². The quantitative estimate of drug-likeness (QED) is 0.160. The zero-order chi connectivity index (χ0) is 44.7. The molecule has 1 radical (unpaired) electrons. The molecule has 61 heavy (non-hydrogen) atoms. The zero-order valence-corrected chi connectivity index (χ0v) is 39.0. The Bertz CT molecular complexity index is 2410. The molecule has 0 saturated heterocycles. The third kappa shape index (κ3) is 10.3. The molecular formula is C50H61CoN5O5. The number of hydrogen-bond donors (Lipinski definition) is 3. The average Bonchev–Trinajstić information content (AvgIpc) is 3.40. The predicted molar refractivity (Wildman–Crippen MR) is 243 cm³/mol. The molecule has 0 bridgehead atoms. The molecule has 3 aliphatic rings. The van der Waals surface area contributed by atoms with E-state index in [0.717, 1.165) is 28.3 Å². The van der Waals surface area contributed by atoms with Gasteiger partial charge in [0.2, 0.25) is 11.6 Å². The van der Waals surface area contributed by atoms with Crippen LogP contribution in [0.5, 0.6) is 11.5 Å². The summed E-state index contributed by atoms with van der Waals surface area (Å²) in [6, 6.07) is 19.0. The van der Waals surface area contributed by atoms with E-state index in [0.29, 0.717) is 33.8 Å². The Hall–Kier alpha value is -5.52. The molecular weight excluding hydrogens is 810 g/mol. The van der Waals surface area contributed by atoms with Crippen LogP contribution < -0.4 is 9.80 Å². The van der Waals surface area contributed by atoms with Crippen molar-refractivity contribution in [2.45, 2.75) is 93.9 Å². The Labute approximate surface area is 372 Å². The minimum atomic E-state index is -0.229. The van der Waals surface area contributed by atoms with Crippen molar-refractivity contribution in [2.24, 2.45) is 21.7 Å². The first-order valence-corrected chi connectivity index (χ1v) is 20.3. The van der Waals surface area contributed by atoms with E-state index in [1.165, 1.54) is 0 Å². The number of aliphatic hydroxyl groups is 1. The van der Waals surface area contributed by atoms with Gasteiger partial charge < -0.3 is 25.1 Å². The van der Waals surface area contributed by atoms with E-state index in [2.05, 4.69) is 78.4 Å². The summed E-state index contributed by atoms with van der Waals surface area (Å²) in [7, 11) is 3.98. The molecule has 2 aliphatic carbocycles. The van der Waals surface area contributed by atoms with E-state index in [4.69, 9.17) is 0 Å². The first-order valence-electron chi connectivity index (χ1n) is 20.3. The molecule has 3 N–H and O–H groups in total. The second kappa shape index (κ2) is 17.8.